The molecule has 0 unspecified atom stereocenters. The number of benzene rings is 1. The maximum Gasteiger partial charge on any atom is 0.315 e. The molecule has 0 N–H and O–H groups in total. The van der Waals surface area contributed by atoms with Crippen LogP contribution in [0.5, 0.6) is 11.5 Å². The summed E-state index contributed by atoms with van der Waals surface area (Å²) in [5, 5.41) is 0. The molecule has 20 heavy (non-hydrogen) atoms. The van der Waals surface area contributed by atoms with E-state index >= 15 is 0 Å². The van der Waals surface area contributed by atoms with Crippen molar-refractivity contribution in [2.24, 2.45) is 0 Å². The Morgan fingerprint density at radius 3 is 1.80 bits per heavy atom. The van der Waals surface area contributed by atoms with Gasteiger partial charge in [-0.25, -0.2) is 0 Å². The summed E-state index contributed by atoms with van der Waals surface area (Å²) in [6.07, 6.45) is 0.690. The summed E-state index contributed by atoms with van der Waals surface area (Å²) in [5.41, 5.74) is 0.421. The minimum Gasteiger partial charge on any atom is -0.437 e. The fourth-order valence-electron chi connectivity index (χ4n) is 1.38. The van der Waals surface area contributed by atoms with E-state index in [1.807, 2.05) is 0 Å². The molecule has 0 aromatic heterocycles. The van der Waals surface area contributed by atoms with E-state index in [1.165, 1.54) is 34.5 Å². The van der Waals surface area contributed by atoms with Crippen LogP contribution in [-0.4, -0.2) is 47.7 Å². The van der Waals surface area contributed by atoms with Gasteiger partial charge in [0, 0.05) is 34.0 Å². The largest absolute Gasteiger partial charge is 0.437 e. The van der Waals surface area contributed by atoms with Gasteiger partial charge in [0.05, 0.1) is 0 Å². The van der Waals surface area contributed by atoms with Crippen LogP contribution in [-0.2, 0) is 18.9 Å². The summed E-state index contributed by atoms with van der Waals surface area (Å²) < 4.78 is 30.6. The van der Waals surface area contributed by atoms with Crippen molar-refractivity contribution in [1.29, 1.82) is 0 Å². The topological polar surface area (TPSA) is 72.5 Å². The predicted molar refractivity (Wildman–Crippen MR) is 68.7 cm³/mol. The molecule has 0 aliphatic rings. The molecule has 0 atom stereocenters. The first kappa shape index (κ1) is 16.4. The Hall–Kier alpha value is -1.67. The van der Waals surface area contributed by atoms with Crippen LogP contribution in [0.3, 0.4) is 0 Å². The highest BCUT2D eigenvalue weighted by Gasteiger charge is 2.16. The smallest absolute Gasteiger partial charge is 0.315 e. The molecule has 0 aliphatic heterocycles. The Balaban J connectivity index is 2.99. The first-order valence-corrected chi connectivity index (χ1v) is 5.72. The van der Waals surface area contributed by atoms with Gasteiger partial charge in [-0.2, -0.15) is 0 Å². The van der Waals surface area contributed by atoms with Gasteiger partial charge in [-0.15, -0.1) is 0 Å². The van der Waals surface area contributed by atoms with Crippen molar-refractivity contribution in [2.45, 2.75) is 13.0 Å². The Bertz CT molecular complexity index is 413. The minimum atomic E-state index is -0.928. The van der Waals surface area contributed by atoms with E-state index in [4.69, 9.17) is 28.4 Å². The number of methoxy groups -OCH3 is 4. The lowest BCUT2D eigenvalue weighted by Crippen LogP contribution is -2.24. The Labute approximate surface area is 117 Å². The second kappa shape index (κ2) is 8.49. The van der Waals surface area contributed by atoms with Crippen molar-refractivity contribution < 1.29 is 33.2 Å². The van der Waals surface area contributed by atoms with Crippen LogP contribution < -0.4 is 9.47 Å². The summed E-state index contributed by atoms with van der Waals surface area (Å²) in [7, 11) is 5.71. The summed E-state index contributed by atoms with van der Waals surface area (Å²) in [5.74, 6) is 0.589. The number of rotatable bonds is 9. The van der Waals surface area contributed by atoms with Crippen LogP contribution in [0.4, 0.5) is 0 Å². The summed E-state index contributed by atoms with van der Waals surface area (Å²) in [6.45, 7) is -1.83. The van der Waals surface area contributed by atoms with Crippen LogP contribution in [0, 0.1) is 0 Å². The van der Waals surface area contributed by atoms with Gasteiger partial charge in [0.1, 0.15) is 6.29 Å². The fourth-order valence-corrected chi connectivity index (χ4v) is 1.38. The Morgan fingerprint density at radius 1 is 0.850 bits per heavy atom. The van der Waals surface area contributed by atoms with Crippen molar-refractivity contribution >= 4 is 6.29 Å². The van der Waals surface area contributed by atoms with Gasteiger partial charge in [0.2, 0.25) is 0 Å². The highest BCUT2D eigenvalue weighted by atomic mass is 16.9. The normalized spacial score (nSPS) is 10.9. The van der Waals surface area contributed by atoms with E-state index in [9.17, 15) is 4.79 Å². The molecule has 112 valence electrons. The molecule has 0 saturated heterocycles. The third kappa shape index (κ3) is 4.46. The number of carbonyl (C=O) groups is 1. The third-order valence-electron chi connectivity index (χ3n) is 2.32. The molecule has 7 nitrogen and oxygen atoms in total. The van der Waals surface area contributed by atoms with E-state index in [0.717, 1.165) is 0 Å². The molecule has 0 heterocycles. The maximum absolute atomic E-state index is 10.8. The van der Waals surface area contributed by atoms with Crippen LogP contribution in [0.2, 0.25) is 0 Å². The molecule has 0 aliphatic carbocycles. The molecule has 0 amide bonds. The average molecular weight is 286 g/mol. The monoisotopic (exact) mass is 286 g/mol. The quantitative estimate of drug-likeness (QED) is 0.502. The molecule has 0 fully saturated rings. The van der Waals surface area contributed by atoms with Crippen molar-refractivity contribution in [2.75, 3.05) is 28.4 Å². The zero-order valence-corrected chi connectivity index (χ0v) is 11.8. The predicted octanol–water partition coefficient (Wildman–Crippen LogP) is 1.41. The molecule has 0 radical (unpaired) electrons. The highest BCUT2D eigenvalue weighted by Crippen LogP contribution is 2.30. The molecule has 0 spiro atoms. The van der Waals surface area contributed by atoms with Gasteiger partial charge in [-0.3, -0.25) is 4.79 Å². The number of ether oxygens (including phenoxy) is 6. The molecule has 7 heteroatoms. The number of aldehydes is 1. The lowest BCUT2D eigenvalue weighted by Gasteiger charge is -2.20. The van der Waals surface area contributed by atoms with Crippen LogP contribution in [0.1, 0.15) is 10.4 Å². The van der Waals surface area contributed by atoms with Gasteiger partial charge in [-0.1, -0.05) is 0 Å². The zero-order valence-electron chi connectivity index (χ0n) is 11.8. The SMILES string of the molecule is COC(OC)Oc1ccc(C=O)cc1OC(OC)OC. The van der Waals surface area contributed by atoms with E-state index in [-0.39, 0.29) is 5.75 Å². The summed E-state index contributed by atoms with van der Waals surface area (Å²) in [4.78, 5) is 10.8. The highest BCUT2D eigenvalue weighted by molar-refractivity contribution is 5.76. The van der Waals surface area contributed by atoms with Gasteiger partial charge < -0.3 is 28.4 Å². The van der Waals surface area contributed by atoms with Gasteiger partial charge in [0.25, 0.3) is 0 Å². The van der Waals surface area contributed by atoms with Gasteiger partial charge in [-0.05, 0) is 18.2 Å². The van der Waals surface area contributed by atoms with Crippen molar-refractivity contribution in [1.82, 2.24) is 0 Å². The van der Waals surface area contributed by atoms with Gasteiger partial charge >= 0.3 is 13.0 Å². The first-order valence-electron chi connectivity index (χ1n) is 5.72. The number of hydrogen-bond donors (Lipinski definition) is 0. The average Bonchev–Trinajstić information content (AvgIpc) is 2.50. The minimum absolute atomic E-state index is 0.266. The molecule has 1 rings (SSSR count). The molecule has 1 aromatic rings. The standard InChI is InChI=1S/C13H18O7/c1-15-12(16-2)19-10-6-5-9(8-14)7-11(10)20-13(17-3)18-4/h5-8,12-13H,1-4H3. The van der Waals surface area contributed by atoms with Crippen molar-refractivity contribution in [3.8, 4) is 11.5 Å². The van der Waals surface area contributed by atoms with Crippen LogP contribution in [0.25, 0.3) is 0 Å². The van der Waals surface area contributed by atoms with Crippen LogP contribution in [0.15, 0.2) is 18.2 Å². The lowest BCUT2D eigenvalue weighted by molar-refractivity contribution is -0.229. The molecule has 1 aromatic carbocycles. The molecule has 0 bridgehead atoms. The second-order valence-corrected chi connectivity index (χ2v) is 3.58. The zero-order chi connectivity index (χ0) is 15.0. The number of carbonyl (C=O) groups excluding carboxylic acids is 1. The maximum atomic E-state index is 10.8. The Kier molecular flexibility index (Phi) is 6.96. The second-order valence-electron chi connectivity index (χ2n) is 3.58. The van der Waals surface area contributed by atoms with E-state index < -0.39 is 13.0 Å². The third-order valence-corrected chi connectivity index (χ3v) is 2.32. The molecular formula is C13H18O7. The lowest BCUT2D eigenvalue weighted by atomic mass is 10.2. The van der Waals surface area contributed by atoms with Crippen LogP contribution >= 0.6 is 0 Å². The fraction of sp³-hybridized carbons (Fsp3) is 0.462. The molecular weight excluding hydrogens is 268 g/mol. The number of hydrogen-bond acceptors (Lipinski definition) is 7. The Morgan fingerprint density at radius 2 is 1.35 bits per heavy atom. The summed E-state index contributed by atoms with van der Waals surface area (Å²) in [6, 6.07) is 4.63. The van der Waals surface area contributed by atoms with Gasteiger partial charge in [0.15, 0.2) is 11.5 Å². The first-order chi connectivity index (χ1) is 9.68. The van der Waals surface area contributed by atoms with E-state index in [0.29, 0.717) is 17.6 Å². The molecule has 0 saturated carbocycles. The van der Waals surface area contributed by atoms with Crippen molar-refractivity contribution in [3.63, 3.8) is 0 Å². The van der Waals surface area contributed by atoms with E-state index in [1.54, 1.807) is 12.1 Å². The van der Waals surface area contributed by atoms with E-state index in [2.05, 4.69) is 0 Å². The van der Waals surface area contributed by atoms with Crippen molar-refractivity contribution in [3.05, 3.63) is 23.8 Å². The summed E-state index contributed by atoms with van der Waals surface area (Å²) >= 11 is 0.